The number of nitrogens with one attached hydrogen (secondary N) is 1. The van der Waals surface area contributed by atoms with Crippen molar-refractivity contribution in [3.05, 3.63) is 34.9 Å². The number of benzene rings is 1. The van der Waals surface area contributed by atoms with Gasteiger partial charge in [-0.2, -0.15) is 0 Å². The molecule has 0 aliphatic heterocycles. The van der Waals surface area contributed by atoms with Crippen LogP contribution < -0.4 is 5.32 Å². The van der Waals surface area contributed by atoms with Crippen molar-refractivity contribution in [1.82, 2.24) is 5.32 Å². The van der Waals surface area contributed by atoms with Gasteiger partial charge < -0.3 is 5.32 Å². The molecule has 90 valence electrons. The van der Waals surface area contributed by atoms with Gasteiger partial charge in [0.1, 0.15) is 0 Å². The van der Waals surface area contributed by atoms with Crippen LogP contribution >= 0.6 is 15.9 Å². The van der Waals surface area contributed by atoms with Crippen molar-refractivity contribution in [3.8, 4) is 0 Å². The Morgan fingerprint density at radius 2 is 1.69 bits per heavy atom. The minimum atomic E-state index is 0.196. The lowest BCUT2D eigenvalue weighted by Gasteiger charge is -2.25. The summed E-state index contributed by atoms with van der Waals surface area (Å²) in [4.78, 5) is 0. The van der Waals surface area contributed by atoms with Gasteiger partial charge in [-0.1, -0.05) is 45.3 Å². The summed E-state index contributed by atoms with van der Waals surface area (Å²) in [5, 5.41) is 4.64. The Morgan fingerprint density at radius 1 is 1.12 bits per heavy atom. The molecular weight excluding hydrogens is 262 g/mol. The molecule has 0 spiro atoms. The molecule has 0 aliphatic rings. The monoisotopic (exact) mass is 283 g/mol. The van der Waals surface area contributed by atoms with E-state index in [9.17, 15) is 0 Å². The third-order valence-electron chi connectivity index (χ3n) is 2.77. The second-order valence-corrected chi connectivity index (χ2v) is 5.97. The number of hydrogen-bond donors (Lipinski definition) is 1. The van der Waals surface area contributed by atoms with Crippen molar-refractivity contribution in [2.45, 2.75) is 46.2 Å². The highest BCUT2D eigenvalue weighted by Gasteiger charge is 2.15. The van der Waals surface area contributed by atoms with Gasteiger partial charge in [0, 0.05) is 17.4 Å². The average molecular weight is 284 g/mol. The highest BCUT2D eigenvalue weighted by Crippen LogP contribution is 2.13. The summed E-state index contributed by atoms with van der Waals surface area (Å²) in [7, 11) is 0. The number of halogens is 1. The van der Waals surface area contributed by atoms with Crippen LogP contribution in [-0.2, 0) is 6.54 Å². The third kappa shape index (κ3) is 4.67. The highest BCUT2D eigenvalue weighted by atomic mass is 79.9. The number of rotatable bonds is 5. The quantitative estimate of drug-likeness (QED) is 0.807. The molecule has 0 saturated carbocycles. The summed E-state index contributed by atoms with van der Waals surface area (Å²) in [6.07, 6.45) is 1.14. The number of aryl methyl sites for hydroxylation is 2. The Labute approximate surface area is 108 Å². The van der Waals surface area contributed by atoms with E-state index >= 15 is 0 Å². The van der Waals surface area contributed by atoms with Gasteiger partial charge in [-0.3, -0.25) is 0 Å². The van der Waals surface area contributed by atoms with Crippen molar-refractivity contribution >= 4 is 15.9 Å². The normalized spacial score (nSPS) is 11.8. The van der Waals surface area contributed by atoms with Crippen molar-refractivity contribution in [2.75, 3.05) is 5.33 Å². The molecule has 0 aromatic heterocycles. The first-order valence-corrected chi connectivity index (χ1v) is 6.93. The Bertz CT molecular complexity index is 324. The number of alkyl halides is 1. The summed E-state index contributed by atoms with van der Waals surface area (Å²) in [5.74, 6) is 0. The smallest absolute Gasteiger partial charge is 0.0210 e. The van der Waals surface area contributed by atoms with Gasteiger partial charge in [0.15, 0.2) is 0 Å². The Morgan fingerprint density at radius 3 is 2.19 bits per heavy atom. The largest absolute Gasteiger partial charge is 0.308 e. The summed E-state index contributed by atoms with van der Waals surface area (Å²) >= 11 is 3.49. The highest BCUT2D eigenvalue weighted by molar-refractivity contribution is 9.09. The Hall–Kier alpha value is -0.340. The predicted molar refractivity (Wildman–Crippen MR) is 75.2 cm³/mol. The molecule has 0 saturated heterocycles. The maximum atomic E-state index is 3.60. The van der Waals surface area contributed by atoms with Crippen LogP contribution in [0, 0.1) is 13.8 Å². The molecular formula is C14H22BrN. The molecule has 1 nitrogen and oxygen atoms in total. The summed E-state index contributed by atoms with van der Waals surface area (Å²) in [5.41, 5.74) is 4.26. The second kappa shape index (κ2) is 5.83. The lowest BCUT2D eigenvalue weighted by Crippen LogP contribution is -2.39. The molecule has 0 bridgehead atoms. The second-order valence-electron chi connectivity index (χ2n) is 5.17. The fourth-order valence-electron chi connectivity index (χ4n) is 1.84. The van der Waals surface area contributed by atoms with Crippen LogP contribution in [0.4, 0.5) is 0 Å². The summed E-state index contributed by atoms with van der Waals surface area (Å²) in [6, 6.07) is 6.72. The maximum absolute atomic E-state index is 3.60. The summed E-state index contributed by atoms with van der Waals surface area (Å²) in [6.45, 7) is 9.75. The van der Waals surface area contributed by atoms with Gasteiger partial charge in [-0.25, -0.2) is 0 Å². The third-order valence-corrected chi connectivity index (χ3v) is 3.17. The molecule has 0 amide bonds. The molecule has 1 aromatic rings. The Balaban J connectivity index is 2.60. The van der Waals surface area contributed by atoms with Gasteiger partial charge >= 0.3 is 0 Å². The van der Waals surface area contributed by atoms with Gasteiger partial charge in [0.2, 0.25) is 0 Å². The molecule has 0 radical (unpaired) electrons. The minimum absolute atomic E-state index is 0.196. The van der Waals surface area contributed by atoms with E-state index in [1.54, 1.807) is 0 Å². The Kier molecular flexibility index (Phi) is 5.00. The zero-order valence-corrected chi connectivity index (χ0v) is 12.3. The standard InChI is InChI=1S/C14H22BrN/c1-11-7-12(2)9-13(8-11)10-16-14(3,4)5-6-15/h7-9,16H,5-6,10H2,1-4H3. The molecule has 0 unspecified atom stereocenters. The molecule has 1 aromatic carbocycles. The predicted octanol–water partition coefficient (Wildman–Crippen LogP) is 3.96. The molecule has 1 N–H and O–H groups in total. The van der Waals surface area contributed by atoms with Crippen LogP contribution in [-0.4, -0.2) is 10.9 Å². The molecule has 0 atom stereocenters. The SMILES string of the molecule is Cc1cc(C)cc(CNC(C)(C)CCBr)c1. The minimum Gasteiger partial charge on any atom is -0.308 e. The average Bonchev–Trinajstić information content (AvgIpc) is 2.13. The molecule has 0 aliphatic carbocycles. The van der Waals surface area contributed by atoms with Crippen molar-refractivity contribution in [3.63, 3.8) is 0 Å². The molecule has 0 fully saturated rings. The van der Waals surface area contributed by atoms with Gasteiger partial charge in [0.25, 0.3) is 0 Å². The van der Waals surface area contributed by atoms with Crippen molar-refractivity contribution in [2.24, 2.45) is 0 Å². The maximum Gasteiger partial charge on any atom is 0.0210 e. The molecule has 1 rings (SSSR count). The van der Waals surface area contributed by atoms with E-state index in [0.717, 1.165) is 18.3 Å². The van der Waals surface area contributed by atoms with Crippen molar-refractivity contribution in [1.29, 1.82) is 0 Å². The van der Waals surface area contributed by atoms with E-state index in [0.29, 0.717) is 0 Å². The van der Waals surface area contributed by atoms with Gasteiger partial charge in [0.05, 0.1) is 0 Å². The first-order valence-electron chi connectivity index (χ1n) is 5.81. The first kappa shape index (κ1) is 13.7. The number of hydrogen-bond acceptors (Lipinski definition) is 1. The van der Waals surface area contributed by atoms with E-state index in [2.05, 4.69) is 67.1 Å². The van der Waals surface area contributed by atoms with E-state index in [4.69, 9.17) is 0 Å². The van der Waals surface area contributed by atoms with Gasteiger partial charge in [-0.05, 0) is 39.7 Å². The zero-order valence-electron chi connectivity index (χ0n) is 10.7. The zero-order chi connectivity index (χ0) is 12.2. The summed E-state index contributed by atoms with van der Waals surface area (Å²) < 4.78 is 0. The molecule has 16 heavy (non-hydrogen) atoms. The van der Waals surface area contributed by atoms with E-state index in [1.807, 2.05) is 0 Å². The van der Waals surface area contributed by atoms with Crippen LogP contribution in [0.2, 0.25) is 0 Å². The first-order chi connectivity index (χ1) is 7.43. The van der Waals surface area contributed by atoms with Crippen LogP contribution in [0.25, 0.3) is 0 Å². The van der Waals surface area contributed by atoms with E-state index < -0.39 is 0 Å². The van der Waals surface area contributed by atoms with Crippen molar-refractivity contribution < 1.29 is 0 Å². The van der Waals surface area contributed by atoms with Gasteiger partial charge in [-0.15, -0.1) is 0 Å². The van der Waals surface area contributed by atoms with E-state index in [-0.39, 0.29) is 5.54 Å². The van der Waals surface area contributed by atoms with Crippen LogP contribution in [0.5, 0.6) is 0 Å². The lowest BCUT2D eigenvalue weighted by molar-refractivity contribution is 0.378. The fraction of sp³-hybridized carbons (Fsp3) is 0.571. The van der Waals surface area contributed by atoms with Crippen LogP contribution in [0.3, 0.4) is 0 Å². The lowest BCUT2D eigenvalue weighted by atomic mass is 10.0. The fourth-order valence-corrected chi connectivity index (χ4v) is 2.83. The molecule has 2 heteroatoms. The topological polar surface area (TPSA) is 12.0 Å². The van der Waals surface area contributed by atoms with E-state index in [1.165, 1.54) is 16.7 Å². The van der Waals surface area contributed by atoms with Crippen LogP contribution in [0.1, 0.15) is 37.0 Å². The van der Waals surface area contributed by atoms with Crippen LogP contribution in [0.15, 0.2) is 18.2 Å². The molecule has 0 heterocycles.